The van der Waals surface area contributed by atoms with E-state index in [1.54, 1.807) is 0 Å². The van der Waals surface area contributed by atoms with Crippen LogP contribution in [0, 0.1) is 23.3 Å². The Morgan fingerprint density at radius 2 is 1.82 bits per heavy atom. The maximum absolute atomic E-state index is 11.3. The molecule has 0 unspecified atom stereocenters. The molecule has 4 heteroatoms. The highest BCUT2D eigenvalue weighted by Crippen LogP contribution is 1.96. The Bertz CT molecular complexity index is 396. The normalized spacial score (nSPS) is 9.41. The molecule has 0 aliphatic carbocycles. The van der Waals surface area contributed by atoms with E-state index in [4.69, 9.17) is 0 Å². The third kappa shape index (κ3) is 10.8. The first-order valence-corrected chi connectivity index (χ1v) is 8.93. The molecule has 0 radical (unpaired) electrons. The van der Waals surface area contributed by atoms with Crippen LogP contribution in [0.15, 0.2) is 0 Å². The standard InChI is InChI=1S/C13H18O3Si/c1-16-13(15)9-7-5-6-8-12(14)10-11-17(2,3)4/h7-9H2,1-4H3. The second kappa shape index (κ2) is 7.70. The number of hydrogen-bond acceptors (Lipinski definition) is 3. The molecule has 0 spiro atoms. The fraction of sp³-hybridized carbons (Fsp3) is 0.538. The van der Waals surface area contributed by atoms with Crippen LogP contribution in [-0.4, -0.2) is 26.9 Å². The van der Waals surface area contributed by atoms with E-state index in [0.717, 1.165) is 0 Å². The van der Waals surface area contributed by atoms with Crippen LogP contribution in [0.5, 0.6) is 0 Å². The van der Waals surface area contributed by atoms with Crippen LogP contribution in [0.25, 0.3) is 0 Å². The highest BCUT2D eigenvalue weighted by Gasteiger charge is 2.08. The molecule has 0 atom stereocenters. The van der Waals surface area contributed by atoms with Gasteiger partial charge in [0, 0.05) is 6.42 Å². The number of rotatable bonds is 3. The maximum Gasteiger partial charge on any atom is 0.306 e. The number of ketones is 1. The van der Waals surface area contributed by atoms with Crippen LogP contribution < -0.4 is 0 Å². The third-order valence-corrected chi connectivity index (χ3v) is 2.51. The van der Waals surface area contributed by atoms with Crippen molar-refractivity contribution in [1.82, 2.24) is 0 Å². The fourth-order valence-corrected chi connectivity index (χ4v) is 1.31. The molecule has 0 heterocycles. The van der Waals surface area contributed by atoms with Crippen LogP contribution >= 0.6 is 0 Å². The first-order valence-electron chi connectivity index (χ1n) is 5.43. The van der Waals surface area contributed by atoms with Gasteiger partial charge in [-0.1, -0.05) is 25.6 Å². The van der Waals surface area contributed by atoms with Crippen molar-refractivity contribution >= 4 is 19.8 Å². The summed E-state index contributed by atoms with van der Waals surface area (Å²) in [5, 5.41) is 0. The van der Waals surface area contributed by atoms with Crippen LogP contribution in [0.1, 0.15) is 19.3 Å². The lowest BCUT2D eigenvalue weighted by molar-refractivity contribution is -0.140. The number of ether oxygens (including phenoxy) is 1. The van der Waals surface area contributed by atoms with Gasteiger partial charge >= 0.3 is 5.97 Å². The topological polar surface area (TPSA) is 43.4 Å². The largest absolute Gasteiger partial charge is 0.469 e. The summed E-state index contributed by atoms with van der Waals surface area (Å²) in [4.78, 5) is 22.0. The quantitative estimate of drug-likeness (QED) is 0.436. The Morgan fingerprint density at radius 3 is 2.35 bits per heavy atom. The lowest BCUT2D eigenvalue weighted by Crippen LogP contribution is -2.17. The van der Waals surface area contributed by atoms with Crippen LogP contribution in [0.2, 0.25) is 19.6 Å². The molecule has 0 saturated carbocycles. The van der Waals surface area contributed by atoms with Gasteiger partial charge in [0.05, 0.1) is 20.0 Å². The van der Waals surface area contributed by atoms with Gasteiger partial charge in [-0.15, -0.1) is 11.5 Å². The number of Topliss-reactive ketones (excluding diaryl/α,β-unsaturated/α-hetero) is 1. The molecular weight excluding hydrogens is 232 g/mol. The monoisotopic (exact) mass is 250 g/mol. The van der Waals surface area contributed by atoms with Gasteiger partial charge in [-0.25, -0.2) is 0 Å². The first kappa shape index (κ1) is 15.5. The Balaban J connectivity index is 3.96. The van der Waals surface area contributed by atoms with Crippen LogP contribution in [0.4, 0.5) is 0 Å². The van der Waals surface area contributed by atoms with Crippen molar-refractivity contribution in [2.75, 3.05) is 7.11 Å². The smallest absolute Gasteiger partial charge is 0.306 e. The Hall–Kier alpha value is -1.52. The summed E-state index contributed by atoms with van der Waals surface area (Å²) in [7, 11) is -0.147. The lowest BCUT2D eigenvalue weighted by atomic mass is 10.2. The second-order valence-electron chi connectivity index (χ2n) is 4.53. The van der Waals surface area contributed by atoms with E-state index in [-0.39, 0.29) is 24.6 Å². The molecule has 0 fully saturated rings. The van der Waals surface area contributed by atoms with Crippen molar-refractivity contribution in [3.05, 3.63) is 0 Å². The second-order valence-corrected chi connectivity index (χ2v) is 9.28. The van der Waals surface area contributed by atoms with Crippen molar-refractivity contribution in [1.29, 1.82) is 0 Å². The van der Waals surface area contributed by atoms with Crippen molar-refractivity contribution in [2.45, 2.75) is 38.9 Å². The molecular formula is C13H18O3Si. The van der Waals surface area contributed by atoms with Gasteiger partial charge in [0.25, 0.3) is 0 Å². The minimum absolute atomic E-state index is 0.138. The average Bonchev–Trinajstić information content (AvgIpc) is 2.24. The van der Waals surface area contributed by atoms with Gasteiger partial charge < -0.3 is 4.74 Å². The minimum atomic E-state index is -1.49. The number of esters is 1. The van der Waals surface area contributed by atoms with Crippen LogP contribution in [0.3, 0.4) is 0 Å². The molecule has 0 N–H and O–H groups in total. The van der Waals surface area contributed by atoms with E-state index >= 15 is 0 Å². The Kier molecular flexibility index (Phi) is 7.01. The Morgan fingerprint density at radius 1 is 1.18 bits per heavy atom. The molecule has 0 aromatic heterocycles. The van der Waals surface area contributed by atoms with E-state index in [0.29, 0.717) is 6.42 Å². The summed E-state index contributed by atoms with van der Waals surface area (Å²) in [5.74, 6) is 7.63. The zero-order chi connectivity index (χ0) is 13.3. The summed E-state index contributed by atoms with van der Waals surface area (Å²) in [6, 6.07) is 0. The highest BCUT2D eigenvalue weighted by molar-refractivity contribution is 6.84. The summed E-state index contributed by atoms with van der Waals surface area (Å²) in [6.45, 7) is 6.24. The van der Waals surface area contributed by atoms with Gasteiger partial charge in [-0.2, -0.15) is 0 Å². The number of hydrogen-bond donors (Lipinski definition) is 0. The minimum Gasteiger partial charge on any atom is -0.469 e. The summed E-state index contributed by atoms with van der Waals surface area (Å²) < 4.78 is 4.46. The molecule has 3 nitrogen and oxygen atoms in total. The highest BCUT2D eigenvalue weighted by atomic mass is 28.3. The van der Waals surface area contributed by atoms with Gasteiger partial charge in [0.2, 0.25) is 5.78 Å². The molecule has 0 bridgehead atoms. The predicted octanol–water partition coefficient (Wildman–Crippen LogP) is 1.78. The third-order valence-electron chi connectivity index (χ3n) is 1.63. The molecule has 0 amide bonds. The lowest BCUT2D eigenvalue weighted by Gasteiger charge is -2.02. The van der Waals surface area contributed by atoms with Crippen molar-refractivity contribution in [2.24, 2.45) is 0 Å². The fourth-order valence-electron chi connectivity index (χ4n) is 0.799. The van der Waals surface area contributed by atoms with Crippen molar-refractivity contribution < 1.29 is 14.3 Å². The average molecular weight is 250 g/mol. The summed E-state index contributed by atoms with van der Waals surface area (Å²) >= 11 is 0. The predicted molar refractivity (Wildman–Crippen MR) is 69.8 cm³/mol. The van der Waals surface area contributed by atoms with E-state index in [2.05, 4.69) is 47.7 Å². The summed E-state index contributed by atoms with van der Waals surface area (Å²) in [5.41, 5.74) is 2.99. The number of carbonyl (C=O) groups is 2. The SMILES string of the molecule is COC(=O)CCC#CCC(=O)C#C[Si](C)(C)C. The molecule has 0 saturated heterocycles. The summed E-state index contributed by atoms with van der Waals surface area (Å²) in [6.07, 6.45) is 0.818. The molecule has 0 rings (SSSR count). The zero-order valence-electron chi connectivity index (χ0n) is 10.8. The Labute approximate surface area is 104 Å². The van der Waals surface area contributed by atoms with Crippen LogP contribution in [-0.2, 0) is 14.3 Å². The van der Waals surface area contributed by atoms with E-state index < -0.39 is 8.07 Å². The molecule has 17 heavy (non-hydrogen) atoms. The molecule has 0 aliphatic rings. The van der Waals surface area contributed by atoms with E-state index in [1.165, 1.54) is 7.11 Å². The van der Waals surface area contributed by atoms with Gasteiger partial charge in [0.1, 0.15) is 8.07 Å². The van der Waals surface area contributed by atoms with Crippen molar-refractivity contribution in [3.63, 3.8) is 0 Å². The van der Waals surface area contributed by atoms with Crippen molar-refractivity contribution in [3.8, 4) is 23.3 Å². The zero-order valence-corrected chi connectivity index (χ0v) is 11.8. The first-order chi connectivity index (χ1) is 7.85. The number of methoxy groups -OCH3 is 1. The number of carbonyl (C=O) groups excluding carboxylic acids is 2. The molecule has 92 valence electrons. The maximum atomic E-state index is 11.3. The van der Waals surface area contributed by atoms with Gasteiger partial charge in [-0.05, 0) is 5.92 Å². The van der Waals surface area contributed by atoms with E-state index in [9.17, 15) is 9.59 Å². The molecule has 0 aromatic rings. The van der Waals surface area contributed by atoms with Gasteiger partial charge in [0.15, 0.2) is 0 Å². The van der Waals surface area contributed by atoms with Gasteiger partial charge in [-0.3, -0.25) is 9.59 Å². The molecule has 0 aliphatic heterocycles. The molecule has 0 aromatic carbocycles. The van der Waals surface area contributed by atoms with E-state index in [1.807, 2.05) is 0 Å².